The van der Waals surface area contributed by atoms with Crippen LogP contribution in [0.5, 0.6) is 5.75 Å². The first-order valence-corrected chi connectivity index (χ1v) is 9.25. The molecule has 1 nitrogen and oxygen atoms in total. The number of allylic oxidation sites excluding steroid dienone is 2. The molecule has 0 spiro atoms. The van der Waals surface area contributed by atoms with Gasteiger partial charge in [0.15, 0.2) is 0 Å². The number of benzene rings is 1. The zero-order valence-electron chi connectivity index (χ0n) is 14.4. The summed E-state index contributed by atoms with van der Waals surface area (Å²) in [4.78, 5) is 0. The van der Waals surface area contributed by atoms with E-state index < -0.39 is 0 Å². The van der Waals surface area contributed by atoms with Crippen LogP contribution in [0.1, 0.15) is 77.2 Å². The molecule has 0 N–H and O–H groups in total. The van der Waals surface area contributed by atoms with Gasteiger partial charge >= 0.3 is 0 Å². The van der Waals surface area contributed by atoms with Crippen molar-refractivity contribution < 1.29 is 4.74 Å². The molecule has 0 heterocycles. The maximum atomic E-state index is 5.82. The van der Waals surface area contributed by atoms with E-state index in [0.717, 1.165) is 18.3 Å². The SMILES string of the molecule is CCCCCCOc1ccc(C2=CCC(CCC)CC2)cc1. The fourth-order valence-electron chi connectivity index (χ4n) is 3.31. The van der Waals surface area contributed by atoms with E-state index in [4.69, 9.17) is 4.74 Å². The van der Waals surface area contributed by atoms with Crippen LogP contribution < -0.4 is 4.74 Å². The highest BCUT2D eigenvalue weighted by molar-refractivity contribution is 5.66. The summed E-state index contributed by atoms with van der Waals surface area (Å²) in [6.07, 6.45) is 14.1. The summed E-state index contributed by atoms with van der Waals surface area (Å²) in [7, 11) is 0. The Morgan fingerprint density at radius 1 is 1.00 bits per heavy atom. The van der Waals surface area contributed by atoms with E-state index in [1.54, 1.807) is 0 Å². The summed E-state index contributed by atoms with van der Waals surface area (Å²) < 4.78 is 5.82. The van der Waals surface area contributed by atoms with Crippen LogP contribution in [-0.4, -0.2) is 6.61 Å². The average Bonchev–Trinajstić information content (AvgIpc) is 2.56. The fraction of sp³-hybridized carbons (Fsp3) is 0.619. The Labute approximate surface area is 136 Å². The van der Waals surface area contributed by atoms with Crippen molar-refractivity contribution in [2.75, 3.05) is 6.61 Å². The lowest BCUT2D eigenvalue weighted by Gasteiger charge is -2.21. The third-order valence-electron chi connectivity index (χ3n) is 4.71. The van der Waals surface area contributed by atoms with Gasteiger partial charge < -0.3 is 4.74 Å². The number of unbranched alkanes of at least 4 members (excludes halogenated alkanes) is 3. The third kappa shape index (κ3) is 5.51. The molecule has 1 aliphatic rings. The molecule has 0 amide bonds. The van der Waals surface area contributed by atoms with Crippen LogP contribution >= 0.6 is 0 Å². The van der Waals surface area contributed by atoms with E-state index in [0.29, 0.717) is 0 Å². The fourth-order valence-corrected chi connectivity index (χ4v) is 3.31. The van der Waals surface area contributed by atoms with Crippen LogP contribution in [0.2, 0.25) is 0 Å². The quantitative estimate of drug-likeness (QED) is 0.465. The number of ether oxygens (including phenoxy) is 1. The second kappa shape index (κ2) is 9.71. The van der Waals surface area contributed by atoms with E-state index in [1.165, 1.54) is 68.9 Å². The summed E-state index contributed by atoms with van der Waals surface area (Å²) in [5.41, 5.74) is 2.91. The van der Waals surface area contributed by atoms with E-state index in [-0.39, 0.29) is 0 Å². The topological polar surface area (TPSA) is 9.23 Å². The molecule has 22 heavy (non-hydrogen) atoms. The lowest BCUT2D eigenvalue weighted by atomic mass is 9.84. The van der Waals surface area contributed by atoms with E-state index in [1.807, 2.05) is 0 Å². The molecule has 0 radical (unpaired) electrons. The standard InChI is InChI=1S/C21H32O/c1-3-5-6-7-17-22-21-15-13-20(14-16-21)19-11-9-18(8-4-2)10-12-19/h11,13-16,18H,3-10,12,17H2,1-2H3. The van der Waals surface area contributed by atoms with E-state index in [2.05, 4.69) is 44.2 Å². The number of rotatable bonds is 9. The average molecular weight is 300 g/mol. The van der Waals surface area contributed by atoms with E-state index >= 15 is 0 Å². The molecule has 1 unspecified atom stereocenters. The minimum atomic E-state index is 0.848. The molecule has 1 aromatic rings. The smallest absolute Gasteiger partial charge is 0.119 e. The van der Waals surface area contributed by atoms with Crippen molar-refractivity contribution in [2.45, 2.75) is 71.6 Å². The first-order chi connectivity index (χ1) is 10.8. The lowest BCUT2D eigenvalue weighted by molar-refractivity contribution is 0.305. The lowest BCUT2D eigenvalue weighted by Crippen LogP contribution is -2.05. The molecule has 1 aromatic carbocycles. The maximum Gasteiger partial charge on any atom is 0.119 e. The van der Waals surface area contributed by atoms with Crippen molar-refractivity contribution >= 4 is 5.57 Å². The molecule has 1 atom stereocenters. The molecule has 0 saturated carbocycles. The van der Waals surface area contributed by atoms with Crippen LogP contribution in [0.25, 0.3) is 5.57 Å². The molecule has 2 rings (SSSR count). The third-order valence-corrected chi connectivity index (χ3v) is 4.71. The Hall–Kier alpha value is -1.24. The monoisotopic (exact) mass is 300 g/mol. The van der Waals surface area contributed by atoms with Gasteiger partial charge in [-0.15, -0.1) is 0 Å². The normalized spacial score (nSPS) is 18.1. The first-order valence-electron chi connectivity index (χ1n) is 9.25. The van der Waals surface area contributed by atoms with Crippen LogP contribution in [-0.2, 0) is 0 Å². The molecule has 0 aromatic heterocycles. The molecule has 0 aliphatic heterocycles. The predicted molar refractivity (Wildman–Crippen MR) is 96.3 cm³/mol. The van der Waals surface area contributed by atoms with Crippen LogP contribution in [0, 0.1) is 5.92 Å². The minimum Gasteiger partial charge on any atom is -0.494 e. The first kappa shape index (κ1) is 17.1. The molecule has 1 heteroatoms. The largest absolute Gasteiger partial charge is 0.494 e. The molecule has 0 fully saturated rings. The summed E-state index contributed by atoms with van der Waals surface area (Å²) >= 11 is 0. The zero-order chi connectivity index (χ0) is 15.6. The second-order valence-electron chi connectivity index (χ2n) is 6.59. The van der Waals surface area contributed by atoms with E-state index in [9.17, 15) is 0 Å². The molecular formula is C21H32O. The van der Waals surface area contributed by atoms with Gasteiger partial charge in [-0.05, 0) is 54.9 Å². The van der Waals surface area contributed by atoms with Gasteiger partial charge in [0.05, 0.1) is 6.61 Å². The predicted octanol–water partition coefficient (Wildman–Crippen LogP) is 6.63. The molecule has 122 valence electrons. The van der Waals surface area contributed by atoms with Crippen molar-refractivity contribution in [3.05, 3.63) is 35.9 Å². The molecule has 0 bridgehead atoms. The van der Waals surface area contributed by atoms with Gasteiger partial charge in [-0.25, -0.2) is 0 Å². The second-order valence-corrected chi connectivity index (χ2v) is 6.59. The van der Waals surface area contributed by atoms with Gasteiger partial charge in [0.2, 0.25) is 0 Å². The zero-order valence-corrected chi connectivity index (χ0v) is 14.4. The maximum absolute atomic E-state index is 5.82. The van der Waals surface area contributed by atoms with Gasteiger partial charge in [0.1, 0.15) is 5.75 Å². The van der Waals surface area contributed by atoms with Gasteiger partial charge in [-0.1, -0.05) is 64.2 Å². The Morgan fingerprint density at radius 2 is 1.82 bits per heavy atom. The van der Waals surface area contributed by atoms with Crippen LogP contribution in [0.4, 0.5) is 0 Å². The Balaban J connectivity index is 1.79. The summed E-state index contributed by atoms with van der Waals surface area (Å²) in [6, 6.07) is 8.73. The highest BCUT2D eigenvalue weighted by Gasteiger charge is 2.14. The molecule has 1 aliphatic carbocycles. The van der Waals surface area contributed by atoms with Crippen molar-refractivity contribution in [2.24, 2.45) is 5.92 Å². The van der Waals surface area contributed by atoms with Gasteiger partial charge in [-0.2, -0.15) is 0 Å². The van der Waals surface area contributed by atoms with Gasteiger partial charge in [0.25, 0.3) is 0 Å². The summed E-state index contributed by atoms with van der Waals surface area (Å²) in [6.45, 7) is 5.38. The van der Waals surface area contributed by atoms with Crippen LogP contribution in [0.15, 0.2) is 30.3 Å². The van der Waals surface area contributed by atoms with Crippen molar-refractivity contribution in [3.63, 3.8) is 0 Å². The minimum absolute atomic E-state index is 0.848. The van der Waals surface area contributed by atoms with Crippen molar-refractivity contribution in [3.8, 4) is 5.75 Å². The molecular weight excluding hydrogens is 268 g/mol. The highest BCUT2D eigenvalue weighted by atomic mass is 16.5. The van der Waals surface area contributed by atoms with Gasteiger partial charge in [-0.3, -0.25) is 0 Å². The summed E-state index contributed by atoms with van der Waals surface area (Å²) in [5, 5.41) is 0. The molecule has 0 saturated heterocycles. The Morgan fingerprint density at radius 3 is 2.45 bits per heavy atom. The Bertz CT molecular complexity index is 443. The van der Waals surface area contributed by atoms with Crippen molar-refractivity contribution in [1.82, 2.24) is 0 Å². The number of hydrogen-bond donors (Lipinski definition) is 0. The summed E-state index contributed by atoms with van der Waals surface area (Å²) in [5.74, 6) is 1.93. The van der Waals surface area contributed by atoms with Crippen molar-refractivity contribution in [1.29, 1.82) is 0 Å². The Kier molecular flexibility index (Phi) is 7.56. The van der Waals surface area contributed by atoms with Gasteiger partial charge in [0, 0.05) is 0 Å². The highest BCUT2D eigenvalue weighted by Crippen LogP contribution is 2.32. The number of hydrogen-bond acceptors (Lipinski definition) is 1. The van der Waals surface area contributed by atoms with Crippen LogP contribution in [0.3, 0.4) is 0 Å².